The second-order valence-corrected chi connectivity index (χ2v) is 7.36. The Morgan fingerprint density at radius 1 is 1.10 bits per heavy atom. The van der Waals surface area contributed by atoms with Crippen molar-refractivity contribution in [2.45, 2.75) is 12.8 Å². The summed E-state index contributed by atoms with van der Waals surface area (Å²) >= 11 is 0. The molecule has 2 aliphatic heterocycles. The number of piperidine rings is 1. The number of para-hydroxylation sites is 2. The predicted octanol–water partition coefficient (Wildman–Crippen LogP) is 1.94. The van der Waals surface area contributed by atoms with Gasteiger partial charge in [0.2, 0.25) is 5.91 Å². The number of hydrogen-bond acceptors (Lipinski definition) is 7. The fraction of sp³-hybridized carbons (Fsp3) is 0.350. The summed E-state index contributed by atoms with van der Waals surface area (Å²) in [5.74, 6) is 0.717. The van der Waals surface area contributed by atoms with E-state index in [1.807, 2.05) is 36.4 Å². The number of carbonyl (C=O) groups excluding carboxylic acids is 2. The van der Waals surface area contributed by atoms with Crippen molar-refractivity contribution in [1.82, 2.24) is 19.8 Å². The fourth-order valence-corrected chi connectivity index (χ4v) is 3.92. The minimum absolute atomic E-state index is 0.0307. The highest BCUT2D eigenvalue weighted by atomic mass is 16.6. The van der Waals surface area contributed by atoms with Crippen molar-refractivity contribution in [2.75, 3.05) is 41.4 Å². The van der Waals surface area contributed by atoms with Crippen LogP contribution in [-0.4, -0.2) is 58.1 Å². The van der Waals surface area contributed by atoms with E-state index < -0.39 is 0 Å². The molecular formula is C20H21N7O3. The zero-order chi connectivity index (χ0) is 20.5. The number of benzene rings is 1. The van der Waals surface area contributed by atoms with Crippen molar-refractivity contribution < 1.29 is 14.3 Å². The minimum Gasteiger partial charge on any atom is -0.447 e. The quantitative estimate of drug-likeness (QED) is 0.705. The van der Waals surface area contributed by atoms with E-state index in [-0.39, 0.29) is 17.9 Å². The van der Waals surface area contributed by atoms with Crippen molar-refractivity contribution in [1.29, 1.82) is 0 Å². The van der Waals surface area contributed by atoms with E-state index in [0.29, 0.717) is 30.2 Å². The van der Waals surface area contributed by atoms with Gasteiger partial charge in [-0.25, -0.2) is 4.79 Å². The summed E-state index contributed by atoms with van der Waals surface area (Å²) in [5, 5.41) is 15.4. The van der Waals surface area contributed by atoms with E-state index in [4.69, 9.17) is 4.74 Å². The Morgan fingerprint density at radius 2 is 1.93 bits per heavy atom. The number of amides is 2. The number of nitrogens with zero attached hydrogens (tertiary/aromatic N) is 6. The van der Waals surface area contributed by atoms with Gasteiger partial charge in [0.1, 0.15) is 18.8 Å². The molecule has 10 heteroatoms. The average Bonchev–Trinajstić information content (AvgIpc) is 3.42. The monoisotopic (exact) mass is 407 g/mol. The van der Waals surface area contributed by atoms with Crippen molar-refractivity contribution in [3.63, 3.8) is 0 Å². The molecular weight excluding hydrogens is 386 g/mol. The van der Waals surface area contributed by atoms with Crippen LogP contribution in [0.3, 0.4) is 0 Å². The van der Waals surface area contributed by atoms with Crippen LogP contribution >= 0.6 is 0 Å². The second kappa shape index (κ2) is 7.62. The summed E-state index contributed by atoms with van der Waals surface area (Å²) in [6.07, 6.45) is 2.64. The lowest BCUT2D eigenvalue weighted by molar-refractivity contribution is -0.120. The number of hydrogen-bond donors (Lipinski definition) is 1. The maximum absolute atomic E-state index is 12.9. The van der Waals surface area contributed by atoms with Crippen molar-refractivity contribution in [3.8, 4) is 0 Å². The molecule has 0 spiro atoms. The van der Waals surface area contributed by atoms with E-state index in [0.717, 1.165) is 31.7 Å². The van der Waals surface area contributed by atoms with Crippen molar-refractivity contribution >= 4 is 34.8 Å². The number of fused-ring (bicyclic) bond motifs is 1. The van der Waals surface area contributed by atoms with E-state index in [2.05, 4.69) is 25.5 Å². The molecule has 2 aromatic heterocycles. The molecule has 1 N–H and O–H groups in total. The van der Waals surface area contributed by atoms with Gasteiger partial charge in [-0.05, 0) is 37.1 Å². The van der Waals surface area contributed by atoms with Crippen LogP contribution < -0.4 is 15.1 Å². The first-order valence-corrected chi connectivity index (χ1v) is 9.95. The zero-order valence-corrected chi connectivity index (χ0v) is 16.3. The van der Waals surface area contributed by atoms with Crippen LogP contribution in [0.2, 0.25) is 0 Å². The van der Waals surface area contributed by atoms with Crippen LogP contribution in [0.1, 0.15) is 12.8 Å². The van der Waals surface area contributed by atoms with E-state index >= 15 is 0 Å². The number of nitrogens with one attached hydrogen (secondary N) is 1. The molecule has 2 aliphatic rings. The Bertz CT molecular complexity index is 1090. The molecule has 10 nitrogen and oxygen atoms in total. The Kier molecular flexibility index (Phi) is 4.66. The lowest BCUT2D eigenvalue weighted by atomic mass is 9.95. The van der Waals surface area contributed by atoms with Crippen LogP contribution in [0.25, 0.3) is 5.65 Å². The zero-order valence-electron chi connectivity index (χ0n) is 16.3. The highest BCUT2D eigenvalue weighted by molar-refractivity contribution is 6.00. The van der Waals surface area contributed by atoms with Gasteiger partial charge in [0.25, 0.3) is 0 Å². The van der Waals surface area contributed by atoms with Gasteiger partial charge in [0.05, 0.1) is 17.9 Å². The van der Waals surface area contributed by atoms with E-state index in [9.17, 15) is 9.59 Å². The molecule has 2 fully saturated rings. The van der Waals surface area contributed by atoms with Gasteiger partial charge in [-0.15, -0.1) is 15.3 Å². The normalized spacial score (nSPS) is 17.4. The minimum atomic E-state index is -0.387. The van der Waals surface area contributed by atoms with Crippen molar-refractivity contribution in [2.24, 2.45) is 5.92 Å². The summed E-state index contributed by atoms with van der Waals surface area (Å²) in [5.41, 5.74) is 1.99. The molecule has 2 amide bonds. The third-order valence-electron chi connectivity index (χ3n) is 5.55. The van der Waals surface area contributed by atoms with Gasteiger partial charge in [0.15, 0.2) is 5.65 Å². The first kappa shape index (κ1) is 18.3. The molecule has 1 aromatic carbocycles. The Morgan fingerprint density at radius 3 is 2.73 bits per heavy atom. The Balaban J connectivity index is 1.24. The van der Waals surface area contributed by atoms with Gasteiger partial charge < -0.3 is 15.0 Å². The van der Waals surface area contributed by atoms with Crippen LogP contribution in [0.4, 0.5) is 22.0 Å². The molecule has 2 saturated heterocycles. The molecule has 154 valence electrons. The van der Waals surface area contributed by atoms with Gasteiger partial charge in [-0.1, -0.05) is 12.1 Å². The molecule has 0 aliphatic carbocycles. The van der Waals surface area contributed by atoms with Gasteiger partial charge in [-0.2, -0.15) is 4.52 Å². The number of ether oxygens (including phenoxy) is 1. The first-order valence-electron chi connectivity index (χ1n) is 9.95. The Hall–Kier alpha value is -3.69. The molecule has 5 rings (SSSR count). The highest BCUT2D eigenvalue weighted by Crippen LogP contribution is 2.30. The summed E-state index contributed by atoms with van der Waals surface area (Å²) in [4.78, 5) is 28.5. The molecule has 0 unspecified atom stereocenters. The topological polar surface area (TPSA) is 105 Å². The first-order chi connectivity index (χ1) is 14.7. The number of carbonyl (C=O) groups is 2. The van der Waals surface area contributed by atoms with Crippen LogP contribution in [-0.2, 0) is 9.53 Å². The summed E-state index contributed by atoms with van der Waals surface area (Å²) < 4.78 is 6.67. The lowest BCUT2D eigenvalue weighted by Gasteiger charge is -2.32. The van der Waals surface area contributed by atoms with Crippen LogP contribution in [0.15, 0.2) is 42.7 Å². The number of aromatic nitrogens is 4. The molecule has 0 saturated carbocycles. The maximum atomic E-state index is 12.9. The molecule has 0 bridgehead atoms. The second-order valence-electron chi connectivity index (χ2n) is 7.36. The van der Waals surface area contributed by atoms with Crippen molar-refractivity contribution in [3.05, 3.63) is 42.7 Å². The van der Waals surface area contributed by atoms with Gasteiger partial charge in [-0.3, -0.25) is 9.69 Å². The summed E-state index contributed by atoms with van der Waals surface area (Å²) in [6.45, 7) is 2.31. The molecule has 4 heterocycles. The van der Waals surface area contributed by atoms with E-state index in [1.165, 1.54) is 0 Å². The average molecular weight is 407 g/mol. The number of anilines is 3. The smallest absolute Gasteiger partial charge is 0.414 e. The van der Waals surface area contributed by atoms with Gasteiger partial charge >= 0.3 is 6.09 Å². The third-order valence-corrected chi connectivity index (χ3v) is 5.55. The molecule has 0 radical (unpaired) electrons. The Labute approximate surface area is 172 Å². The maximum Gasteiger partial charge on any atom is 0.414 e. The van der Waals surface area contributed by atoms with Crippen LogP contribution in [0, 0.1) is 5.92 Å². The number of rotatable bonds is 4. The lowest BCUT2D eigenvalue weighted by Crippen LogP contribution is -2.39. The summed E-state index contributed by atoms with van der Waals surface area (Å²) in [6, 6.07) is 11.1. The largest absolute Gasteiger partial charge is 0.447 e. The van der Waals surface area contributed by atoms with E-state index in [1.54, 1.807) is 15.7 Å². The molecule has 3 aromatic rings. The molecule has 0 atom stereocenters. The third kappa shape index (κ3) is 3.40. The fourth-order valence-electron chi connectivity index (χ4n) is 3.92. The SMILES string of the molecule is O=C(Nc1ccccc1N1CCOC1=O)C1CCN(c2ccc3nncn3n2)CC1. The molecule has 30 heavy (non-hydrogen) atoms. The van der Waals surface area contributed by atoms with Gasteiger partial charge in [0, 0.05) is 19.0 Å². The summed E-state index contributed by atoms with van der Waals surface area (Å²) in [7, 11) is 0. The highest BCUT2D eigenvalue weighted by Gasteiger charge is 2.29. The number of cyclic esters (lactones) is 1. The standard InChI is InChI=1S/C20H21N7O3/c28-19(22-15-3-1-2-4-16(15)26-11-12-30-20(26)29)14-7-9-25(10-8-14)18-6-5-17-23-21-13-27(17)24-18/h1-6,13-14H,7-12H2,(H,22,28). The predicted molar refractivity (Wildman–Crippen MR) is 109 cm³/mol. The van der Waals surface area contributed by atoms with Crippen LogP contribution in [0.5, 0.6) is 0 Å².